The average Bonchev–Trinajstić information content (AvgIpc) is 2.99. The van der Waals surface area contributed by atoms with Crippen molar-refractivity contribution in [2.75, 3.05) is 0 Å². The zero-order valence-electron chi connectivity index (χ0n) is 10.5. The van der Waals surface area contributed by atoms with Crippen molar-refractivity contribution in [2.45, 2.75) is 0 Å². The number of benzene rings is 1. The quantitative estimate of drug-likeness (QED) is 0.511. The van der Waals surface area contributed by atoms with Crippen molar-refractivity contribution >= 4 is 27.6 Å². The van der Waals surface area contributed by atoms with Gasteiger partial charge in [0.1, 0.15) is 17.1 Å². The largest absolute Gasteiger partial charge is 0.338 e. The van der Waals surface area contributed by atoms with Crippen LogP contribution in [0.1, 0.15) is 5.69 Å². The molecule has 0 saturated carbocycles. The molecule has 0 amide bonds. The molecule has 0 aliphatic carbocycles. The number of aryl methyl sites for hydroxylation is 1. The van der Waals surface area contributed by atoms with E-state index in [0.29, 0.717) is 11.0 Å². The number of aromatic amines is 1. The number of fused-ring (bicyclic) bond motifs is 5. The van der Waals surface area contributed by atoms with Crippen LogP contribution in [0.3, 0.4) is 0 Å². The van der Waals surface area contributed by atoms with Gasteiger partial charge in [-0.25, -0.2) is 9.73 Å². The molecule has 0 aliphatic rings. The van der Waals surface area contributed by atoms with E-state index >= 15 is 0 Å². The van der Waals surface area contributed by atoms with E-state index < -0.39 is 0 Å². The normalized spacial score (nSPS) is 11.4. The van der Waals surface area contributed by atoms with E-state index in [0.717, 1.165) is 10.9 Å². The van der Waals surface area contributed by atoms with E-state index in [1.807, 2.05) is 37.4 Å². The molecule has 4 aromatic rings. The summed E-state index contributed by atoms with van der Waals surface area (Å²) in [6.07, 6.45) is 0. The SMILES string of the molecule is Cn1c2ccccc2c2c1c(=O)nc1c(C#N)n[nH]n12. The summed E-state index contributed by atoms with van der Waals surface area (Å²) in [5.74, 6) is 0. The fraction of sp³-hybridized carbons (Fsp3) is 0.0769. The fourth-order valence-corrected chi connectivity index (χ4v) is 2.63. The minimum Gasteiger partial charge on any atom is -0.338 e. The third-order valence-electron chi connectivity index (χ3n) is 3.51. The van der Waals surface area contributed by atoms with E-state index in [4.69, 9.17) is 5.26 Å². The molecule has 96 valence electrons. The van der Waals surface area contributed by atoms with Crippen molar-refractivity contribution in [3.8, 4) is 6.07 Å². The second-order valence-electron chi connectivity index (χ2n) is 4.52. The van der Waals surface area contributed by atoms with Gasteiger partial charge in [0.05, 0.1) is 5.52 Å². The van der Waals surface area contributed by atoms with Crippen molar-refractivity contribution in [3.05, 3.63) is 40.3 Å². The summed E-state index contributed by atoms with van der Waals surface area (Å²) < 4.78 is 3.39. The maximum Gasteiger partial charge on any atom is 0.298 e. The van der Waals surface area contributed by atoms with Crippen LogP contribution in [-0.2, 0) is 7.05 Å². The maximum absolute atomic E-state index is 12.3. The topological polar surface area (TPSA) is 91.8 Å². The lowest BCUT2D eigenvalue weighted by Gasteiger charge is -1.97. The third kappa shape index (κ3) is 1.10. The van der Waals surface area contributed by atoms with Crippen LogP contribution >= 0.6 is 0 Å². The van der Waals surface area contributed by atoms with Gasteiger partial charge in [0.15, 0.2) is 5.65 Å². The van der Waals surface area contributed by atoms with Crippen LogP contribution in [0, 0.1) is 11.3 Å². The van der Waals surface area contributed by atoms with Crippen LogP contribution in [0.2, 0.25) is 0 Å². The summed E-state index contributed by atoms with van der Waals surface area (Å²) in [4.78, 5) is 16.2. The first-order valence-electron chi connectivity index (χ1n) is 5.96. The molecule has 0 unspecified atom stereocenters. The Morgan fingerprint density at radius 2 is 2.10 bits per heavy atom. The Labute approximate surface area is 111 Å². The molecule has 0 aliphatic heterocycles. The van der Waals surface area contributed by atoms with Crippen LogP contribution in [0.25, 0.3) is 27.6 Å². The van der Waals surface area contributed by atoms with Gasteiger partial charge >= 0.3 is 0 Å². The van der Waals surface area contributed by atoms with Gasteiger partial charge in [0.2, 0.25) is 5.69 Å². The van der Waals surface area contributed by atoms with Crippen molar-refractivity contribution in [3.63, 3.8) is 0 Å². The number of nitriles is 1. The Balaban J connectivity index is 2.45. The van der Waals surface area contributed by atoms with Crippen LogP contribution in [0.5, 0.6) is 0 Å². The zero-order chi connectivity index (χ0) is 13.9. The molecule has 20 heavy (non-hydrogen) atoms. The Hall–Kier alpha value is -3.14. The number of hydrogen-bond acceptors (Lipinski definition) is 4. The lowest BCUT2D eigenvalue weighted by atomic mass is 10.2. The number of nitrogens with one attached hydrogen (secondary N) is 1. The number of para-hydroxylation sites is 1. The molecule has 0 bridgehead atoms. The van der Waals surface area contributed by atoms with Gasteiger partial charge in [-0.15, -0.1) is 5.10 Å². The summed E-state index contributed by atoms with van der Waals surface area (Å²) in [5, 5.41) is 16.6. The maximum atomic E-state index is 12.3. The van der Waals surface area contributed by atoms with Gasteiger partial charge in [-0.05, 0) is 6.07 Å². The van der Waals surface area contributed by atoms with E-state index in [9.17, 15) is 4.79 Å². The molecule has 3 aromatic heterocycles. The number of aromatic nitrogens is 5. The molecule has 7 heteroatoms. The second kappa shape index (κ2) is 3.45. The van der Waals surface area contributed by atoms with E-state index in [1.54, 1.807) is 9.08 Å². The first-order valence-corrected chi connectivity index (χ1v) is 5.96. The van der Waals surface area contributed by atoms with Crippen LogP contribution in [-0.4, -0.2) is 24.4 Å². The molecule has 1 N–H and O–H groups in total. The average molecular weight is 264 g/mol. The first-order chi connectivity index (χ1) is 9.72. The monoisotopic (exact) mass is 264 g/mol. The van der Waals surface area contributed by atoms with E-state index in [-0.39, 0.29) is 16.9 Å². The summed E-state index contributed by atoms with van der Waals surface area (Å²) in [6.45, 7) is 0. The van der Waals surface area contributed by atoms with Crippen LogP contribution < -0.4 is 5.56 Å². The summed E-state index contributed by atoms with van der Waals surface area (Å²) in [5.41, 5.74) is 2.09. The summed E-state index contributed by atoms with van der Waals surface area (Å²) in [7, 11) is 1.82. The Kier molecular flexibility index (Phi) is 1.85. The highest BCUT2D eigenvalue weighted by molar-refractivity contribution is 6.06. The number of rotatable bonds is 0. The highest BCUT2D eigenvalue weighted by atomic mass is 16.1. The van der Waals surface area contributed by atoms with E-state index in [1.165, 1.54) is 0 Å². The van der Waals surface area contributed by atoms with Crippen LogP contribution in [0.4, 0.5) is 0 Å². The lowest BCUT2D eigenvalue weighted by molar-refractivity contribution is 0.869. The highest BCUT2D eigenvalue weighted by Gasteiger charge is 2.18. The minimum absolute atomic E-state index is 0.108. The second-order valence-corrected chi connectivity index (χ2v) is 4.52. The Bertz CT molecular complexity index is 1090. The molecule has 0 radical (unpaired) electrons. The van der Waals surface area contributed by atoms with Crippen molar-refractivity contribution in [1.82, 2.24) is 24.4 Å². The van der Waals surface area contributed by atoms with Crippen molar-refractivity contribution < 1.29 is 0 Å². The van der Waals surface area contributed by atoms with Gasteiger partial charge in [0.25, 0.3) is 5.56 Å². The molecular formula is C13H8N6O. The number of H-pyrrole nitrogens is 1. The zero-order valence-corrected chi connectivity index (χ0v) is 10.5. The predicted molar refractivity (Wildman–Crippen MR) is 72.3 cm³/mol. The Morgan fingerprint density at radius 3 is 2.90 bits per heavy atom. The highest BCUT2D eigenvalue weighted by Crippen LogP contribution is 2.25. The molecule has 7 nitrogen and oxygen atoms in total. The smallest absolute Gasteiger partial charge is 0.298 e. The van der Waals surface area contributed by atoms with Gasteiger partial charge < -0.3 is 4.57 Å². The number of hydrogen-bond donors (Lipinski definition) is 1. The molecule has 0 atom stereocenters. The molecule has 3 heterocycles. The van der Waals surface area contributed by atoms with Crippen molar-refractivity contribution in [1.29, 1.82) is 5.26 Å². The van der Waals surface area contributed by atoms with Crippen molar-refractivity contribution in [2.24, 2.45) is 7.05 Å². The summed E-state index contributed by atoms with van der Waals surface area (Å²) in [6, 6.07) is 9.60. The molecular weight excluding hydrogens is 256 g/mol. The standard InChI is InChI=1S/C13H8N6O/c1-18-9-5-3-2-4-7(9)10-11(18)13(20)15-12-8(6-14)16-17-19(10)12/h2-5,17H,1H3. The van der Waals surface area contributed by atoms with Gasteiger partial charge in [-0.2, -0.15) is 10.2 Å². The molecule has 1 aromatic carbocycles. The molecule has 0 fully saturated rings. The molecule has 4 rings (SSSR count). The van der Waals surface area contributed by atoms with E-state index in [2.05, 4.69) is 15.3 Å². The molecule has 0 saturated heterocycles. The molecule has 0 spiro atoms. The Morgan fingerprint density at radius 1 is 1.30 bits per heavy atom. The third-order valence-corrected chi connectivity index (χ3v) is 3.51. The minimum atomic E-state index is -0.364. The predicted octanol–water partition coefficient (Wildman–Crippen LogP) is 0.934. The van der Waals surface area contributed by atoms with Crippen LogP contribution in [0.15, 0.2) is 29.1 Å². The fourth-order valence-electron chi connectivity index (χ4n) is 2.63. The lowest BCUT2D eigenvalue weighted by Crippen LogP contribution is -2.12. The van der Waals surface area contributed by atoms with Gasteiger partial charge in [-0.1, -0.05) is 18.2 Å². The summed E-state index contributed by atoms with van der Waals surface area (Å²) >= 11 is 0. The van der Waals surface area contributed by atoms with Gasteiger partial charge in [0, 0.05) is 12.4 Å². The van der Waals surface area contributed by atoms with Gasteiger partial charge in [-0.3, -0.25) is 4.79 Å². The first kappa shape index (κ1) is 10.8. The number of nitrogens with zero attached hydrogens (tertiary/aromatic N) is 5.